The summed E-state index contributed by atoms with van der Waals surface area (Å²) in [6.45, 7) is 7.76. The molecule has 152 valence electrons. The number of fused-ring (bicyclic) bond motifs is 1. The first-order valence-electron chi connectivity index (χ1n) is 9.09. The van der Waals surface area contributed by atoms with Crippen molar-refractivity contribution >= 4 is 18.2 Å². The van der Waals surface area contributed by atoms with Gasteiger partial charge in [0, 0.05) is 11.8 Å². The monoisotopic (exact) mass is 406 g/mol. The Hall–Kier alpha value is -2.39. The van der Waals surface area contributed by atoms with E-state index in [0.29, 0.717) is 5.65 Å². The van der Waals surface area contributed by atoms with Crippen LogP contribution in [0.5, 0.6) is 0 Å². The van der Waals surface area contributed by atoms with Crippen molar-refractivity contribution < 1.29 is 26.9 Å². The van der Waals surface area contributed by atoms with Crippen LogP contribution >= 0.6 is 0 Å². The average Bonchev–Trinajstić information content (AvgIpc) is 3.11. The number of pyridine rings is 1. The highest BCUT2D eigenvalue weighted by atomic mass is 19.4. The number of nitrogens with zero attached hydrogens (tertiary/aromatic N) is 2. The molecule has 0 atom stereocenters. The maximum absolute atomic E-state index is 14.3. The summed E-state index contributed by atoms with van der Waals surface area (Å²) in [6, 6.07) is 5.78. The normalized spacial score (nSPS) is 18.6. The number of halogens is 4. The van der Waals surface area contributed by atoms with Crippen molar-refractivity contribution in [3.05, 3.63) is 54.1 Å². The van der Waals surface area contributed by atoms with Crippen LogP contribution in [0.4, 0.5) is 17.6 Å². The number of alkyl halides is 3. The lowest BCUT2D eigenvalue weighted by molar-refractivity contribution is -0.137. The minimum atomic E-state index is -4.56. The van der Waals surface area contributed by atoms with E-state index in [4.69, 9.17) is 9.31 Å². The van der Waals surface area contributed by atoms with Crippen LogP contribution in [-0.4, -0.2) is 27.7 Å². The van der Waals surface area contributed by atoms with Crippen LogP contribution in [0, 0.1) is 5.82 Å². The summed E-state index contributed by atoms with van der Waals surface area (Å²) in [5.41, 5.74) is -0.712. The highest BCUT2D eigenvalue weighted by Gasteiger charge is 2.51. The Labute approximate surface area is 165 Å². The summed E-state index contributed by atoms with van der Waals surface area (Å²) in [5, 5.41) is 0. The Kier molecular flexibility index (Phi) is 4.33. The molecule has 1 aromatic carbocycles. The lowest BCUT2D eigenvalue weighted by atomic mass is 9.80. The Morgan fingerprint density at radius 2 is 1.66 bits per heavy atom. The third-order valence-electron chi connectivity index (χ3n) is 5.63. The molecule has 29 heavy (non-hydrogen) atoms. The summed E-state index contributed by atoms with van der Waals surface area (Å²) in [4.78, 5) is 4.24. The number of hydrogen-bond acceptors (Lipinski definition) is 3. The zero-order valence-corrected chi connectivity index (χ0v) is 16.3. The second-order valence-corrected chi connectivity index (χ2v) is 8.11. The SMILES string of the molecule is CC1(C)OB(c2ccn3c(-c4cc(C(F)(F)F)ccc4F)cnc3c2)OC1(C)C. The Morgan fingerprint density at radius 3 is 2.28 bits per heavy atom. The summed E-state index contributed by atoms with van der Waals surface area (Å²) in [5.74, 6) is -0.755. The van der Waals surface area contributed by atoms with Gasteiger partial charge in [-0.25, -0.2) is 9.37 Å². The smallest absolute Gasteiger partial charge is 0.399 e. The molecule has 4 nitrogen and oxygen atoms in total. The van der Waals surface area contributed by atoms with Gasteiger partial charge < -0.3 is 9.31 Å². The van der Waals surface area contributed by atoms with Gasteiger partial charge in [0.2, 0.25) is 0 Å². The van der Waals surface area contributed by atoms with Crippen LogP contribution in [0.25, 0.3) is 16.9 Å². The molecule has 3 heterocycles. The molecular formula is C20H19BF4N2O2. The maximum atomic E-state index is 14.3. The first-order chi connectivity index (χ1) is 13.4. The number of imidazole rings is 1. The molecule has 0 saturated carbocycles. The zero-order chi connectivity index (χ0) is 21.2. The highest BCUT2D eigenvalue weighted by Crippen LogP contribution is 2.37. The van der Waals surface area contributed by atoms with E-state index in [2.05, 4.69) is 4.98 Å². The minimum absolute atomic E-state index is 0.171. The Bertz CT molecular complexity index is 1080. The second-order valence-electron chi connectivity index (χ2n) is 8.11. The quantitative estimate of drug-likeness (QED) is 0.466. The molecule has 0 bridgehead atoms. The largest absolute Gasteiger partial charge is 0.495 e. The van der Waals surface area contributed by atoms with Crippen molar-refractivity contribution in [1.29, 1.82) is 0 Å². The van der Waals surface area contributed by atoms with Crippen molar-refractivity contribution in [3.8, 4) is 11.3 Å². The molecule has 1 saturated heterocycles. The molecule has 1 aliphatic rings. The third-order valence-corrected chi connectivity index (χ3v) is 5.63. The van der Waals surface area contributed by atoms with Gasteiger partial charge in [-0.05, 0) is 63.5 Å². The van der Waals surface area contributed by atoms with Crippen LogP contribution < -0.4 is 5.46 Å². The van der Waals surface area contributed by atoms with Crippen LogP contribution in [0.1, 0.15) is 33.3 Å². The fraction of sp³-hybridized carbons (Fsp3) is 0.350. The van der Waals surface area contributed by atoms with E-state index in [0.717, 1.165) is 23.7 Å². The van der Waals surface area contributed by atoms with Crippen molar-refractivity contribution in [2.45, 2.75) is 45.1 Å². The van der Waals surface area contributed by atoms with Crippen LogP contribution in [0.2, 0.25) is 0 Å². The molecule has 0 amide bonds. The van der Waals surface area contributed by atoms with Crippen LogP contribution in [0.3, 0.4) is 0 Å². The molecule has 1 aliphatic heterocycles. The molecule has 4 rings (SSSR count). The zero-order valence-electron chi connectivity index (χ0n) is 16.3. The first kappa shape index (κ1) is 19.9. The molecule has 0 radical (unpaired) electrons. The summed E-state index contributed by atoms with van der Waals surface area (Å²) >= 11 is 0. The molecular weight excluding hydrogens is 387 g/mol. The maximum Gasteiger partial charge on any atom is 0.495 e. The predicted molar refractivity (Wildman–Crippen MR) is 101 cm³/mol. The van der Waals surface area contributed by atoms with E-state index in [9.17, 15) is 17.6 Å². The summed E-state index contributed by atoms with van der Waals surface area (Å²) < 4.78 is 67.0. The van der Waals surface area contributed by atoms with Gasteiger partial charge in [0.25, 0.3) is 0 Å². The van der Waals surface area contributed by atoms with E-state index < -0.39 is 35.9 Å². The molecule has 0 spiro atoms. The van der Waals surface area contributed by atoms with Gasteiger partial charge in [-0.15, -0.1) is 0 Å². The summed E-state index contributed by atoms with van der Waals surface area (Å²) in [6.07, 6.45) is -1.59. The topological polar surface area (TPSA) is 35.8 Å². The van der Waals surface area contributed by atoms with Crippen LogP contribution in [0.15, 0.2) is 42.7 Å². The number of rotatable bonds is 2. The molecule has 3 aromatic rings. The Balaban J connectivity index is 1.74. The molecule has 0 aliphatic carbocycles. The van der Waals surface area contributed by atoms with Gasteiger partial charge in [-0.2, -0.15) is 13.2 Å². The molecule has 2 aromatic heterocycles. The van der Waals surface area contributed by atoms with Gasteiger partial charge in [-0.3, -0.25) is 4.40 Å². The fourth-order valence-corrected chi connectivity index (χ4v) is 3.22. The number of benzene rings is 1. The predicted octanol–water partition coefficient (Wildman–Crippen LogP) is 4.46. The van der Waals surface area contributed by atoms with Crippen molar-refractivity contribution in [3.63, 3.8) is 0 Å². The van der Waals surface area contributed by atoms with Gasteiger partial charge >= 0.3 is 13.3 Å². The lowest BCUT2D eigenvalue weighted by Crippen LogP contribution is -2.41. The van der Waals surface area contributed by atoms with Crippen molar-refractivity contribution in [1.82, 2.24) is 9.38 Å². The number of hydrogen-bond donors (Lipinski definition) is 0. The fourth-order valence-electron chi connectivity index (χ4n) is 3.22. The molecule has 9 heteroatoms. The van der Waals surface area contributed by atoms with E-state index in [1.54, 1.807) is 18.3 Å². The second kappa shape index (κ2) is 6.30. The summed E-state index contributed by atoms with van der Waals surface area (Å²) in [7, 11) is -0.601. The van der Waals surface area contributed by atoms with Crippen molar-refractivity contribution in [2.75, 3.05) is 0 Å². The molecule has 0 N–H and O–H groups in total. The van der Waals surface area contributed by atoms with Gasteiger partial charge in [0.15, 0.2) is 0 Å². The van der Waals surface area contributed by atoms with E-state index >= 15 is 0 Å². The van der Waals surface area contributed by atoms with Crippen molar-refractivity contribution in [2.24, 2.45) is 0 Å². The standard InChI is InChI=1S/C20H19BF4N2O2/c1-18(2)19(3,4)29-21(28-18)13-7-8-27-16(11-26-17(27)10-13)14-9-12(20(23,24)25)5-6-15(14)22/h5-11H,1-4H3. The van der Waals surface area contributed by atoms with E-state index in [1.165, 1.54) is 10.6 Å². The average molecular weight is 406 g/mol. The van der Waals surface area contributed by atoms with Gasteiger partial charge in [0.1, 0.15) is 11.5 Å². The third kappa shape index (κ3) is 3.32. The lowest BCUT2D eigenvalue weighted by Gasteiger charge is -2.32. The highest BCUT2D eigenvalue weighted by molar-refractivity contribution is 6.62. The minimum Gasteiger partial charge on any atom is -0.399 e. The molecule has 0 unspecified atom stereocenters. The van der Waals surface area contributed by atoms with E-state index in [1.807, 2.05) is 27.7 Å². The van der Waals surface area contributed by atoms with Gasteiger partial charge in [-0.1, -0.05) is 0 Å². The molecule has 1 fully saturated rings. The first-order valence-corrected chi connectivity index (χ1v) is 9.09. The van der Waals surface area contributed by atoms with Gasteiger partial charge in [0.05, 0.1) is 28.7 Å². The van der Waals surface area contributed by atoms with Crippen LogP contribution in [-0.2, 0) is 15.5 Å². The number of aromatic nitrogens is 2. The van der Waals surface area contributed by atoms with E-state index in [-0.39, 0.29) is 11.3 Å². The Morgan fingerprint density at radius 1 is 1.00 bits per heavy atom.